The van der Waals surface area contributed by atoms with Gasteiger partial charge in [0.25, 0.3) is 0 Å². The number of amides is 1. The molecule has 0 spiro atoms. The second kappa shape index (κ2) is 22.8. The molecule has 0 aromatic rings. The minimum Gasteiger partial charge on any atom is -0.434 e. The van der Waals surface area contributed by atoms with Crippen LogP contribution < -0.4 is 28.4 Å². The second-order valence-corrected chi connectivity index (χ2v) is 7.64. The second-order valence-electron chi connectivity index (χ2n) is 7.64. The van der Waals surface area contributed by atoms with Crippen LogP contribution in [0.1, 0.15) is 74.1 Å². The number of ether oxygens (including phenoxy) is 2. The van der Waals surface area contributed by atoms with Crippen molar-refractivity contribution >= 4 is 23.9 Å². The topological polar surface area (TPSA) is 218 Å². The molecule has 1 heterocycles. The third-order valence-electron chi connectivity index (χ3n) is 4.34. The van der Waals surface area contributed by atoms with E-state index in [0.717, 1.165) is 19.3 Å². The van der Waals surface area contributed by atoms with Crippen LogP contribution in [0.2, 0.25) is 0 Å². The molecule has 12 nitrogen and oxygen atoms in total. The van der Waals surface area contributed by atoms with E-state index in [0.29, 0.717) is 6.61 Å². The number of hydrazone groups is 1. The molecule has 0 bridgehead atoms. The molecular formula is C22H48N6O6. The first-order chi connectivity index (χ1) is 15.8. The molecule has 34 heavy (non-hydrogen) atoms. The maximum absolute atomic E-state index is 10.6. The van der Waals surface area contributed by atoms with Crippen molar-refractivity contribution in [3.63, 3.8) is 0 Å². The Balaban J connectivity index is -0.000000383. The Kier molecular flexibility index (Phi) is 24.6. The molecule has 1 saturated heterocycles. The SMILES string of the molecule is CCC(N)/C=N/NC(C)=O.CCC(N)C(C)=O.CCC(N)C(C)O.CCOC1OC(=O)CC1N. The molecule has 10 N–H and O–H groups in total. The molecule has 1 aliphatic rings. The fourth-order valence-electron chi connectivity index (χ4n) is 1.83. The number of rotatable bonds is 9. The summed E-state index contributed by atoms with van der Waals surface area (Å²) < 4.78 is 9.75. The number of esters is 1. The normalized spacial score (nSPS) is 20.2. The van der Waals surface area contributed by atoms with E-state index in [1.54, 1.807) is 6.92 Å². The zero-order valence-electron chi connectivity index (χ0n) is 21.8. The number of nitrogens with one attached hydrogen (secondary N) is 1. The zero-order valence-corrected chi connectivity index (χ0v) is 21.8. The van der Waals surface area contributed by atoms with Crippen LogP contribution in [0.4, 0.5) is 0 Å². The van der Waals surface area contributed by atoms with Crippen molar-refractivity contribution in [3.05, 3.63) is 0 Å². The maximum atomic E-state index is 10.6. The van der Waals surface area contributed by atoms with E-state index >= 15 is 0 Å². The molecule has 0 aromatic carbocycles. The van der Waals surface area contributed by atoms with Crippen molar-refractivity contribution in [2.45, 2.75) is 111 Å². The van der Waals surface area contributed by atoms with Gasteiger partial charge in [0.1, 0.15) is 5.78 Å². The van der Waals surface area contributed by atoms with Crippen molar-refractivity contribution in [1.82, 2.24) is 5.43 Å². The quantitative estimate of drug-likeness (QED) is 0.142. The van der Waals surface area contributed by atoms with Crippen LogP contribution in [0.3, 0.4) is 0 Å². The molecule has 1 amide bonds. The number of ketones is 1. The number of cyclic esters (lactones) is 1. The lowest BCUT2D eigenvalue weighted by atomic mass is 10.1. The Hall–Kier alpha value is -1.96. The van der Waals surface area contributed by atoms with Gasteiger partial charge in [-0.1, -0.05) is 20.8 Å². The van der Waals surface area contributed by atoms with Crippen LogP contribution in [0.25, 0.3) is 0 Å². The molecule has 6 unspecified atom stereocenters. The van der Waals surface area contributed by atoms with Crippen LogP contribution >= 0.6 is 0 Å². The Labute approximate surface area is 204 Å². The Morgan fingerprint density at radius 1 is 1.18 bits per heavy atom. The highest BCUT2D eigenvalue weighted by Crippen LogP contribution is 2.13. The van der Waals surface area contributed by atoms with Crippen LogP contribution in [-0.2, 0) is 23.9 Å². The van der Waals surface area contributed by atoms with Gasteiger partial charge in [-0.15, -0.1) is 0 Å². The largest absolute Gasteiger partial charge is 0.434 e. The third kappa shape index (κ3) is 23.2. The van der Waals surface area contributed by atoms with Gasteiger partial charge in [0.15, 0.2) is 0 Å². The number of Topliss-reactive ketones (excluding diaryl/α,β-unsaturated/α-hetero) is 1. The zero-order chi connectivity index (χ0) is 27.3. The van der Waals surface area contributed by atoms with Crippen LogP contribution in [-0.4, -0.2) is 72.1 Å². The first-order valence-corrected chi connectivity index (χ1v) is 11.6. The van der Waals surface area contributed by atoms with E-state index in [9.17, 15) is 14.4 Å². The number of nitrogens with two attached hydrogens (primary N) is 4. The number of hydrogen-bond donors (Lipinski definition) is 6. The summed E-state index contributed by atoms with van der Waals surface area (Å²) in [5.74, 6) is -0.381. The minimum atomic E-state index is -0.516. The lowest BCUT2D eigenvalue weighted by molar-refractivity contribution is -0.162. The summed E-state index contributed by atoms with van der Waals surface area (Å²) in [7, 11) is 0. The lowest BCUT2D eigenvalue weighted by Gasteiger charge is -2.12. The average Bonchev–Trinajstić information content (AvgIpc) is 3.10. The molecule has 6 atom stereocenters. The van der Waals surface area contributed by atoms with Gasteiger partial charge in [-0.25, -0.2) is 5.43 Å². The standard InChI is InChI=1S/C6H13N3O.C6H11NO3.C5H13NO.C5H11NO/c1-3-6(7)4-8-9-5(2)10;1-2-9-6-4(7)3-5(8)10-6;2*1-3-5(6)4(2)7/h4,6H,3,7H2,1-2H3,(H,9,10);4,6H,2-3,7H2,1H3;4-5,7H,3,6H2,1-2H3;5H,3,6H2,1-2H3/b8-4+;;;. The summed E-state index contributed by atoms with van der Waals surface area (Å²) in [5.41, 5.74) is 23.8. The van der Waals surface area contributed by atoms with Gasteiger partial charge in [-0.3, -0.25) is 14.4 Å². The molecule has 0 radical (unpaired) electrons. The fraction of sp³-hybridized carbons (Fsp3) is 0.818. The predicted octanol–water partition coefficient (Wildman–Crippen LogP) is -0.114. The maximum Gasteiger partial charge on any atom is 0.309 e. The molecule has 0 aliphatic carbocycles. The van der Waals surface area contributed by atoms with Crippen molar-refractivity contribution in [2.24, 2.45) is 28.0 Å². The van der Waals surface area contributed by atoms with Crippen molar-refractivity contribution < 1.29 is 29.0 Å². The summed E-state index contributed by atoms with van der Waals surface area (Å²) >= 11 is 0. The van der Waals surface area contributed by atoms with Gasteiger partial charge in [0.2, 0.25) is 12.2 Å². The molecule has 1 fully saturated rings. The molecule has 12 heteroatoms. The molecule has 1 rings (SSSR count). The highest BCUT2D eigenvalue weighted by molar-refractivity contribution is 5.80. The molecule has 202 valence electrons. The van der Waals surface area contributed by atoms with E-state index in [4.69, 9.17) is 37.5 Å². The summed E-state index contributed by atoms with van der Waals surface area (Å²) in [6.45, 7) is 12.8. The van der Waals surface area contributed by atoms with E-state index in [1.165, 1.54) is 20.1 Å². The number of carbonyl (C=O) groups excluding carboxylic acids is 3. The van der Waals surface area contributed by atoms with Crippen molar-refractivity contribution in [2.75, 3.05) is 6.61 Å². The number of nitrogens with zero attached hydrogens (tertiary/aromatic N) is 1. The van der Waals surface area contributed by atoms with Gasteiger partial charge >= 0.3 is 5.97 Å². The first kappa shape index (κ1) is 36.6. The third-order valence-corrected chi connectivity index (χ3v) is 4.34. The van der Waals surface area contributed by atoms with Crippen LogP contribution in [0, 0.1) is 0 Å². The minimum absolute atomic E-state index is 0.0417. The van der Waals surface area contributed by atoms with Gasteiger partial charge in [0.05, 0.1) is 24.6 Å². The van der Waals surface area contributed by atoms with Gasteiger partial charge in [-0.05, 0) is 40.0 Å². The summed E-state index contributed by atoms with van der Waals surface area (Å²) in [6, 6.07) is -0.626. The smallest absolute Gasteiger partial charge is 0.309 e. The molecular weight excluding hydrogens is 444 g/mol. The van der Waals surface area contributed by atoms with E-state index < -0.39 is 6.29 Å². The van der Waals surface area contributed by atoms with E-state index in [-0.39, 0.29) is 54.4 Å². The number of aliphatic hydroxyl groups excluding tert-OH is 1. The summed E-state index contributed by atoms with van der Waals surface area (Å²) in [4.78, 5) is 31.1. The molecule has 0 aromatic heterocycles. The Bertz CT molecular complexity index is 576. The van der Waals surface area contributed by atoms with E-state index in [2.05, 4.69) is 10.5 Å². The highest BCUT2D eigenvalue weighted by Gasteiger charge is 2.32. The lowest BCUT2D eigenvalue weighted by Crippen LogP contribution is -2.32. The van der Waals surface area contributed by atoms with Crippen LogP contribution in [0.5, 0.6) is 0 Å². The monoisotopic (exact) mass is 492 g/mol. The van der Waals surface area contributed by atoms with Crippen molar-refractivity contribution in [1.29, 1.82) is 0 Å². The summed E-state index contributed by atoms with van der Waals surface area (Å²) in [5, 5.41) is 12.3. The molecule has 0 saturated carbocycles. The van der Waals surface area contributed by atoms with Gasteiger partial charge in [0, 0.05) is 31.8 Å². The first-order valence-electron chi connectivity index (χ1n) is 11.6. The van der Waals surface area contributed by atoms with Crippen molar-refractivity contribution in [3.8, 4) is 0 Å². The fourth-order valence-corrected chi connectivity index (χ4v) is 1.83. The Morgan fingerprint density at radius 2 is 1.74 bits per heavy atom. The number of hydrogen-bond acceptors (Lipinski definition) is 11. The van der Waals surface area contributed by atoms with Crippen LogP contribution in [0.15, 0.2) is 5.10 Å². The van der Waals surface area contributed by atoms with Gasteiger partial charge in [-0.2, -0.15) is 5.10 Å². The van der Waals surface area contributed by atoms with E-state index in [1.807, 2.05) is 27.7 Å². The number of aliphatic hydroxyl groups is 1. The predicted molar refractivity (Wildman–Crippen MR) is 134 cm³/mol. The summed E-state index contributed by atoms with van der Waals surface area (Å²) in [6.07, 6.45) is 3.32. The van der Waals surface area contributed by atoms with Gasteiger partial charge < -0.3 is 37.5 Å². The Morgan fingerprint density at radius 3 is 1.97 bits per heavy atom. The number of carbonyl (C=O) groups is 3. The molecule has 1 aliphatic heterocycles. The average molecular weight is 493 g/mol. The highest BCUT2D eigenvalue weighted by atomic mass is 16.7.